The Balaban J connectivity index is 1.88. The molecule has 1 fully saturated rings. The Hall–Kier alpha value is -0.870. The Morgan fingerprint density at radius 3 is 2.67 bits per heavy atom. The zero-order valence-electron chi connectivity index (χ0n) is 11.8. The summed E-state index contributed by atoms with van der Waals surface area (Å²) in [4.78, 5) is -0.00592. The van der Waals surface area contributed by atoms with E-state index in [2.05, 4.69) is 40.2 Å². The highest BCUT2D eigenvalue weighted by atomic mass is 79.9. The van der Waals surface area contributed by atoms with Crippen molar-refractivity contribution in [2.75, 3.05) is 5.75 Å². The van der Waals surface area contributed by atoms with Crippen LogP contribution in [0.15, 0.2) is 42.5 Å². The molecule has 0 radical (unpaired) electrons. The molecule has 21 heavy (non-hydrogen) atoms. The average Bonchev–Trinajstić information content (AvgIpc) is 2.47. The maximum Gasteiger partial charge on any atom is 0.154 e. The molecule has 2 unspecified atom stereocenters. The van der Waals surface area contributed by atoms with E-state index in [0.717, 1.165) is 25.7 Å². The lowest BCUT2D eigenvalue weighted by Gasteiger charge is -2.26. The molecule has 0 saturated carbocycles. The van der Waals surface area contributed by atoms with Crippen LogP contribution in [-0.2, 0) is 16.3 Å². The smallest absolute Gasteiger partial charge is 0.154 e. The molecular formula is C17H19BrO2S. The highest BCUT2D eigenvalue weighted by Crippen LogP contribution is 2.30. The van der Waals surface area contributed by atoms with Crippen LogP contribution in [0, 0.1) is 0 Å². The van der Waals surface area contributed by atoms with Crippen molar-refractivity contribution >= 4 is 36.5 Å². The van der Waals surface area contributed by atoms with Gasteiger partial charge in [0.1, 0.15) is 0 Å². The van der Waals surface area contributed by atoms with E-state index in [4.69, 9.17) is 0 Å². The molecule has 4 heteroatoms. The molecule has 1 saturated heterocycles. The summed E-state index contributed by atoms with van der Waals surface area (Å²) >= 11 is 3.66. The first-order chi connectivity index (χ1) is 10.1. The molecule has 2 nitrogen and oxygen atoms in total. The Morgan fingerprint density at radius 2 is 1.86 bits per heavy atom. The Labute approximate surface area is 134 Å². The standard InChI is InChI=1S/C17H19BrO2S/c18-16(17-10-3-4-11-21(17,19)20)12-14-8-5-7-13-6-1-2-9-15(13)14/h1-2,5-9,16-17H,3-4,10-12H2. The van der Waals surface area contributed by atoms with Crippen molar-refractivity contribution in [2.45, 2.75) is 35.8 Å². The molecule has 2 aromatic rings. The van der Waals surface area contributed by atoms with Crippen LogP contribution in [0.25, 0.3) is 10.8 Å². The summed E-state index contributed by atoms with van der Waals surface area (Å²) in [5.74, 6) is 0.343. The minimum absolute atomic E-state index is 0.00592. The van der Waals surface area contributed by atoms with Crippen LogP contribution >= 0.6 is 15.9 Å². The lowest BCUT2D eigenvalue weighted by molar-refractivity contribution is 0.533. The molecule has 112 valence electrons. The molecule has 0 bridgehead atoms. The number of fused-ring (bicyclic) bond motifs is 1. The highest BCUT2D eigenvalue weighted by Gasteiger charge is 2.34. The number of benzene rings is 2. The maximum atomic E-state index is 12.2. The van der Waals surface area contributed by atoms with Crippen molar-refractivity contribution in [3.8, 4) is 0 Å². The number of rotatable bonds is 3. The van der Waals surface area contributed by atoms with E-state index in [1.807, 2.05) is 18.2 Å². The van der Waals surface area contributed by atoms with Crippen LogP contribution in [0.3, 0.4) is 0 Å². The third-order valence-electron chi connectivity index (χ3n) is 4.33. The van der Waals surface area contributed by atoms with Gasteiger partial charge in [-0.15, -0.1) is 0 Å². The molecule has 3 rings (SSSR count). The van der Waals surface area contributed by atoms with Gasteiger partial charge in [-0.2, -0.15) is 0 Å². The SMILES string of the molecule is O=S1(=O)CCCCC1C(Br)Cc1cccc2ccccc12. The topological polar surface area (TPSA) is 34.1 Å². The van der Waals surface area contributed by atoms with E-state index in [1.165, 1.54) is 16.3 Å². The van der Waals surface area contributed by atoms with E-state index in [-0.39, 0.29) is 10.1 Å². The van der Waals surface area contributed by atoms with Gasteiger partial charge in [-0.1, -0.05) is 64.8 Å². The number of alkyl halides is 1. The molecular weight excluding hydrogens is 348 g/mol. The van der Waals surface area contributed by atoms with Crippen molar-refractivity contribution in [2.24, 2.45) is 0 Å². The van der Waals surface area contributed by atoms with E-state index in [9.17, 15) is 8.42 Å². The van der Waals surface area contributed by atoms with Gasteiger partial charge in [0.2, 0.25) is 0 Å². The van der Waals surface area contributed by atoms with Gasteiger partial charge in [-0.05, 0) is 35.6 Å². The molecule has 1 heterocycles. The van der Waals surface area contributed by atoms with Crippen molar-refractivity contribution in [3.63, 3.8) is 0 Å². The summed E-state index contributed by atoms with van der Waals surface area (Å²) in [6.07, 6.45) is 3.36. The zero-order chi connectivity index (χ0) is 14.9. The lowest BCUT2D eigenvalue weighted by Crippen LogP contribution is -2.36. The number of halogens is 1. The molecule has 2 atom stereocenters. The summed E-state index contributed by atoms with van der Waals surface area (Å²) in [5.41, 5.74) is 1.22. The first-order valence-corrected chi connectivity index (χ1v) is 10.0. The first-order valence-electron chi connectivity index (χ1n) is 7.40. The van der Waals surface area contributed by atoms with Crippen LogP contribution in [0.5, 0.6) is 0 Å². The summed E-state index contributed by atoms with van der Waals surface area (Å²) < 4.78 is 24.5. The number of sulfone groups is 1. The zero-order valence-corrected chi connectivity index (χ0v) is 14.2. The Morgan fingerprint density at radius 1 is 1.10 bits per heavy atom. The van der Waals surface area contributed by atoms with Gasteiger partial charge in [-0.3, -0.25) is 0 Å². The van der Waals surface area contributed by atoms with Gasteiger partial charge >= 0.3 is 0 Å². The minimum atomic E-state index is -2.94. The quantitative estimate of drug-likeness (QED) is 0.765. The van der Waals surface area contributed by atoms with E-state index < -0.39 is 9.84 Å². The number of hydrogen-bond donors (Lipinski definition) is 0. The summed E-state index contributed by atoms with van der Waals surface area (Å²) in [5, 5.41) is 2.18. The summed E-state index contributed by atoms with van der Waals surface area (Å²) in [7, 11) is -2.94. The molecule has 0 aromatic heterocycles. The van der Waals surface area contributed by atoms with Crippen LogP contribution in [0.4, 0.5) is 0 Å². The Bertz CT molecular complexity index is 734. The third-order valence-corrected chi connectivity index (χ3v) is 7.98. The molecule has 2 aromatic carbocycles. The monoisotopic (exact) mass is 366 g/mol. The van der Waals surface area contributed by atoms with Gasteiger partial charge in [0.15, 0.2) is 9.84 Å². The van der Waals surface area contributed by atoms with Crippen molar-refractivity contribution in [1.29, 1.82) is 0 Å². The summed E-state index contributed by atoms with van der Waals surface area (Å²) in [6.45, 7) is 0. The van der Waals surface area contributed by atoms with Gasteiger partial charge in [0.25, 0.3) is 0 Å². The van der Waals surface area contributed by atoms with E-state index in [0.29, 0.717) is 5.75 Å². The third kappa shape index (κ3) is 3.16. The largest absolute Gasteiger partial charge is 0.229 e. The van der Waals surface area contributed by atoms with Crippen LogP contribution < -0.4 is 0 Å². The normalized spacial score (nSPS) is 23.0. The van der Waals surface area contributed by atoms with Crippen LogP contribution in [0.2, 0.25) is 0 Å². The molecule has 1 aliphatic heterocycles. The highest BCUT2D eigenvalue weighted by molar-refractivity contribution is 9.09. The minimum Gasteiger partial charge on any atom is -0.229 e. The van der Waals surface area contributed by atoms with Crippen LogP contribution in [0.1, 0.15) is 24.8 Å². The second-order valence-electron chi connectivity index (χ2n) is 5.76. The van der Waals surface area contributed by atoms with Gasteiger partial charge in [-0.25, -0.2) is 8.42 Å². The molecule has 0 amide bonds. The summed E-state index contributed by atoms with van der Waals surface area (Å²) in [6, 6.07) is 14.5. The predicted octanol–water partition coefficient (Wildman–Crippen LogP) is 4.11. The van der Waals surface area contributed by atoms with Gasteiger partial charge < -0.3 is 0 Å². The fraction of sp³-hybridized carbons (Fsp3) is 0.412. The predicted molar refractivity (Wildman–Crippen MR) is 91.8 cm³/mol. The first kappa shape index (κ1) is 15.0. The fourth-order valence-corrected chi connectivity index (χ4v) is 6.78. The van der Waals surface area contributed by atoms with Gasteiger partial charge in [0, 0.05) is 4.83 Å². The van der Waals surface area contributed by atoms with E-state index >= 15 is 0 Å². The maximum absolute atomic E-state index is 12.2. The Kier molecular flexibility index (Phi) is 4.36. The molecule has 0 N–H and O–H groups in total. The van der Waals surface area contributed by atoms with Crippen molar-refractivity contribution in [1.82, 2.24) is 0 Å². The van der Waals surface area contributed by atoms with Crippen molar-refractivity contribution in [3.05, 3.63) is 48.0 Å². The van der Waals surface area contributed by atoms with Crippen LogP contribution in [-0.4, -0.2) is 24.2 Å². The van der Waals surface area contributed by atoms with Crippen molar-refractivity contribution < 1.29 is 8.42 Å². The number of hydrogen-bond acceptors (Lipinski definition) is 2. The average molecular weight is 367 g/mol. The molecule has 0 spiro atoms. The molecule has 0 aliphatic carbocycles. The second kappa shape index (κ2) is 6.09. The van der Waals surface area contributed by atoms with Gasteiger partial charge in [0.05, 0.1) is 11.0 Å². The van der Waals surface area contributed by atoms with E-state index in [1.54, 1.807) is 0 Å². The second-order valence-corrected chi connectivity index (χ2v) is 9.28. The lowest BCUT2D eigenvalue weighted by atomic mass is 9.99. The molecule has 1 aliphatic rings. The fourth-order valence-electron chi connectivity index (χ4n) is 3.20.